The molecular formula is C24H32N4O. The van der Waals surface area contributed by atoms with Gasteiger partial charge >= 0.3 is 0 Å². The maximum Gasteiger partial charge on any atom is 0.253 e. The number of carbonyl (C=O) groups excluding carboxylic acids is 1. The first-order chi connectivity index (χ1) is 14.3. The van der Waals surface area contributed by atoms with E-state index in [1.807, 2.05) is 35.2 Å². The lowest BCUT2D eigenvalue weighted by Gasteiger charge is -2.26. The van der Waals surface area contributed by atoms with Crippen LogP contribution in [0.1, 0.15) is 47.2 Å². The summed E-state index contributed by atoms with van der Waals surface area (Å²) in [7, 11) is 1.78. The number of carbonyl (C=O) groups is 1. The van der Waals surface area contributed by atoms with Crippen LogP contribution in [0.4, 0.5) is 0 Å². The number of hydrogen-bond acceptors (Lipinski definition) is 2. The highest BCUT2D eigenvalue weighted by molar-refractivity contribution is 5.94. The number of aryl methyl sites for hydroxylation is 1. The van der Waals surface area contributed by atoms with Crippen molar-refractivity contribution in [1.29, 1.82) is 0 Å². The van der Waals surface area contributed by atoms with Crippen LogP contribution >= 0.6 is 0 Å². The number of amides is 1. The molecule has 29 heavy (non-hydrogen) atoms. The molecule has 5 heteroatoms. The zero-order chi connectivity index (χ0) is 20.3. The van der Waals surface area contributed by atoms with Crippen molar-refractivity contribution in [3.8, 4) is 0 Å². The normalized spacial score (nSPS) is 14.5. The van der Waals surface area contributed by atoms with Crippen LogP contribution in [0.25, 0.3) is 0 Å². The largest absolute Gasteiger partial charge is 0.356 e. The smallest absolute Gasteiger partial charge is 0.253 e. The van der Waals surface area contributed by atoms with Gasteiger partial charge in [0.1, 0.15) is 0 Å². The second kappa shape index (κ2) is 11.2. The molecule has 3 rings (SSSR count). The fourth-order valence-electron chi connectivity index (χ4n) is 3.60. The van der Waals surface area contributed by atoms with Crippen molar-refractivity contribution in [3.63, 3.8) is 0 Å². The van der Waals surface area contributed by atoms with Gasteiger partial charge in [0.15, 0.2) is 5.96 Å². The first-order valence-electron chi connectivity index (χ1n) is 10.6. The third-order valence-corrected chi connectivity index (χ3v) is 5.31. The van der Waals surface area contributed by atoms with Crippen molar-refractivity contribution in [3.05, 3.63) is 71.3 Å². The SMILES string of the molecule is CN=C(NCCCc1ccccc1)NCc1ccc(C(=O)N2CCCCC2)cc1. The Kier molecular flexibility index (Phi) is 8.11. The molecule has 2 aromatic rings. The van der Waals surface area contributed by atoms with Crippen molar-refractivity contribution < 1.29 is 4.79 Å². The number of hydrogen-bond donors (Lipinski definition) is 2. The highest BCUT2D eigenvalue weighted by atomic mass is 16.2. The molecule has 154 valence electrons. The second-order valence-corrected chi connectivity index (χ2v) is 7.49. The fraction of sp³-hybridized carbons (Fsp3) is 0.417. The van der Waals surface area contributed by atoms with Crippen LogP contribution in [0, 0.1) is 0 Å². The standard InChI is InChI=1S/C24H32N4O/c1-25-24(26-16-8-11-20-9-4-2-5-10-20)27-19-21-12-14-22(15-13-21)23(29)28-17-6-3-7-18-28/h2,4-5,9-10,12-15H,3,6-8,11,16-19H2,1H3,(H2,25,26,27). The second-order valence-electron chi connectivity index (χ2n) is 7.49. The zero-order valence-electron chi connectivity index (χ0n) is 17.4. The van der Waals surface area contributed by atoms with Gasteiger partial charge in [-0.05, 0) is 55.4 Å². The molecule has 5 nitrogen and oxygen atoms in total. The van der Waals surface area contributed by atoms with E-state index in [-0.39, 0.29) is 5.91 Å². The lowest BCUT2D eigenvalue weighted by atomic mass is 10.1. The minimum absolute atomic E-state index is 0.153. The lowest BCUT2D eigenvalue weighted by Crippen LogP contribution is -2.37. The zero-order valence-corrected chi connectivity index (χ0v) is 17.4. The van der Waals surface area contributed by atoms with Crippen molar-refractivity contribution in [2.24, 2.45) is 4.99 Å². The van der Waals surface area contributed by atoms with Gasteiger partial charge in [0, 0.05) is 38.8 Å². The van der Waals surface area contributed by atoms with E-state index in [1.54, 1.807) is 7.05 Å². The van der Waals surface area contributed by atoms with Crippen molar-refractivity contribution in [2.45, 2.75) is 38.6 Å². The Morgan fingerprint density at radius 3 is 2.34 bits per heavy atom. The molecule has 1 fully saturated rings. The molecule has 1 heterocycles. The van der Waals surface area contributed by atoms with Gasteiger partial charge in [-0.1, -0.05) is 42.5 Å². The number of guanidine groups is 1. The van der Waals surface area contributed by atoms with Gasteiger partial charge in [0.05, 0.1) is 0 Å². The Bertz CT molecular complexity index is 780. The van der Waals surface area contributed by atoms with Crippen molar-refractivity contribution in [2.75, 3.05) is 26.7 Å². The van der Waals surface area contributed by atoms with E-state index in [4.69, 9.17) is 0 Å². The van der Waals surface area contributed by atoms with Crippen molar-refractivity contribution in [1.82, 2.24) is 15.5 Å². The summed E-state index contributed by atoms with van der Waals surface area (Å²) >= 11 is 0. The summed E-state index contributed by atoms with van der Waals surface area (Å²) in [5.41, 5.74) is 3.27. The third kappa shape index (κ3) is 6.63. The molecule has 0 atom stereocenters. The Morgan fingerprint density at radius 2 is 1.66 bits per heavy atom. The van der Waals surface area contributed by atoms with E-state index in [0.29, 0.717) is 6.54 Å². The molecule has 0 unspecified atom stereocenters. The number of nitrogens with zero attached hydrogens (tertiary/aromatic N) is 2. The minimum Gasteiger partial charge on any atom is -0.356 e. The molecule has 0 saturated carbocycles. The van der Waals surface area contributed by atoms with Crippen LogP contribution in [0.15, 0.2) is 59.6 Å². The first kappa shape index (κ1) is 20.9. The Labute approximate surface area is 174 Å². The van der Waals surface area contributed by atoms with Crippen LogP contribution in [-0.2, 0) is 13.0 Å². The minimum atomic E-state index is 0.153. The molecule has 0 spiro atoms. The summed E-state index contributed by atoms with van der Waals surface area (Å²) in [4.78, 5) is 18.8. The van der Waals surface area contributed by atoms with E-state index in [1.165, 1.54) is 12.0 Å². The Morgan fingerprint density at radius 1 is 0.931 bits per heavy atom. The number of likely N-dealkylation sites (tertiary alicyclic amines) is 1. The highest BCUT2D eigenvalue weighted by Crippen LogP contribution is 2.14. The summed E-state index contributed by atoms with van der Waals surface area (Å²) < 4.78 is 0. The van der Waals surface area contributed by atoms with E-state index in [0.717, 1.165) is 62.4 Å². The highest BCUT2D eigenvalue weighted by Gasteiger charge is 2.17. The van der Waals surface area contributed by atoms with Gasteiger partial charge in [0.25, 0.3) is 5.91 Å². The summed E-state index contributed by atoms with van der Waals surface area (Å²) in [5.74, 6) is 0.951. The summed E-state index contributed by atoms with van der Waals surface area (Å²) in [6, 6.07) is 18.4. The lowest BCUT2D eigenvalue weighted by molar-refractivity contribution is 0.0724. The topological polar surface area (TPSA) is 56.7 Å². The predicted octanol–water partition coefficient (Wildman–Crippen LogP) is 3.61. The van der Waals surface area contributed by atoms with Crippen molar-refractivity contribution >= 4 is 11.9 Å². The molecule has 0 bridgehead atoms. The summed E-state index contributed by atoms with van der Waals surface area (Å²) in [5, 5.41) is 6.70. The van der Waals surface area contributed by atoms with Crippen LogP contribution in [0.5, 0.6) is 0 Å². The van der Waals surface area contributed by atoms with E-state index >= 15 is 0 Å². The maximum absolute atomic E-state index is 12.6. The maximum atomic E-state index is 12.6. The fourth-order valence-corrected chi connectivity index (χ4v) is 3.60. The molecule has 1 amide bonds. The van der Waals surface area contributed by atoms with E-state index < -0.39 is 0 Å². The summed E-state index contributed by atoms with van der Waals surface area (Å²) in [6.45, 7) is 3.32. The number of rotatable bonds is 7. The number of piperidine rings is 1. The Hall–Kier alpha value is -2.82. The van der Waals surface area contributed by atoms with E-state index in [2.05, 4.69) is 39.9 Å². The molecule has 1 aliphatic rings. The molecule has 0 aliphatic carbocycles. The van der Waals surface area contributed by atoms with Gasteiger partial charge in [-0.3, -0.25) is 9.79 Å². The van der Waals surface area contributed by atoms with E-state index in [9.17, 15) is 4.79 Å². The predicted molar refractivity (Wildman–Crippen MR) is 119 cm³/mol. The first-order valence-corrected chi connectivity index (χ1v) is 10.6. The van der Waals surface area contributed by atoms with Crippen LogP contribution in [0.2, 0.25) is 0 Å². The molecule has 2 aromatic carbocycles. The molecule has 1 saturated heterocycles. The Balaban J connectivity index is 1.40. The molecule has 0 radical (unpaired) electrons. The van der Waals surface area contributed by atoms with Gasteiger partial charge in [-0.2, -0.15) is 0 Å². The number of benzene rings is 2. The van der Waals surface area contributed by atoms with Gasteiger partial charge < -0.3 is 15.5 Å². The van der Waals surface area contributed by atoms with Crippen LogP contribution < -0.4 is 10.6 Å². The quantitative estimate of drug-likeness (QED) is 0.430. The third-order valence-electron chi connectivity index (χ3n) is 5.31. The average Bonchev–Trinajstić information content (AvgIpc) is 2.80. The van der Waals surface area contributed by atoms with Gasteiger partial charge in [-0.25, -0.2) is 0 Å². The molecule has 0 aromatic heterocycles. The number of nitrogens with one attached hydrogen (secondary N) is 2. The monoisotopic (exact) mass is 392 g/mol. The molecule has 1 aliphatic heterocycles. The summed E-state index contributed by atoms with van der Waals surface area (Å²) in [6.07, 6.45) is 5.57. The molecule has 2 N–H and O–H groups in total. The molecular weight excluding hydrogens is 360 g/mol. The number of aliphatic imine (C=N–C) groups is 1. The van der Waals surface area contributed by atoms with Gasteiger partial charge in [0.2, 0.25) is 0 Å². The average molecular weight is 393 g/mol. The van der Waals surface area contributed by atoms with Crippen LogP contribution in [0.3, 0.4) is 0 Å². The van der Waals surface area contributed by atoms with Crippen LogP contribution in [-0.4, -0.2) is 43.4 Å². The van der Waals surface area contributed by atoms with Gasteiger partial charge in [-0.15, -0.1) is 0 Å².